The summed E-state index contributed by atoms with van der Waals surface area (Å²) >= 11 is 0. The van der Waals surface area contributed by atoms with E-state index in [4.69, 9.17) is 10.5 Å². The molecule has 0 bridgehead atoms. The number of carbonyl (C=O) groups is 2. The van der Waals surface area contributed by atoms with Crippen molar-refractivity contribution in [3.05, 3.63) is 35.1 Å². The fourth-order valence-electron chi connectivity index (χ4n) is 3.45. The molecule has 2 fully saturated rings. The van der Waals surface area contributed by atoms with E-state index in [9.17, 15) is 14.0 Å². The van der Waals surface area contributed by atoms with Gasteiger partial charge in [-0.3, -0.25) is 14.5 Å². The van der Waals surface area contributed by atoms with E-state index in [0.717, 1.165) is 0 Å². The summed E-state index contributed by atoms with van der Waals surface area (Å²) in [4.78, 5) is 28.2. The molecule has 0 aliphatic carbocycles. The van der Waals surface area contributed by atoms with Gasteiger partial charge in [0.25, 0.3) is 5.91 Å². The average molecular weight is 335 g/mol. The van der Waals surface area contributed by atoms with Gasteiger partial charge in [0.1, 0.15) is 11.4 Å². The van der Waals surface area contributed by atoms with E-state index in [1.54, 1.807) is 17.9 Å². The summed E-state index contributed by atoms with van der Waals surface area (Å²) in [5.41, 5.74) is 5.79. The average Bonchev–Trinajstić information content (AvgIpc) is 3.08. The number of hydrogen-bond donors (Lipinski definition) is 1. The Morgan fingerprint density at radius 3 is 2.50 bits per heavy atom. The number of nitrogens with two attached hydrogens (primary N) is 1. The van der Waals surface area contributed by atoms with Crippen molar-refractivity contribution in [2.75, 3.05) is 39.4 Å². The molecule has 3 rings (SSSR count). The summed E-state index contributed by atoms with van der Waals surface area (Å²) < 4.78 is 18.7. The Bertz CT molecular complexity index is 650. The molecule has 2 saturated heterocycles. The Morgan fingerprint density at radius 1 is 1.25 bits per heavy atom. The first-order valence-electron chi connectivity index (χ1n) is 8.12. The zero-order valence-electron chi connectivity index (χ0n) is 13.8. The molecule has 7 heteroatoms. The van der Waals surface area contributed by atoms with Crippen molar-refractivity contribution in [2.45, 2.75) is 18.9 Å². The number of piperazine rings is 1. The van der Waals surface area contributed by atoms with Crippen LogP contribution in [0.1, 0.15) is 22.3 Å². The molecule has 2 aliphatic rings. The van der Waals surface area contributed by atoms with Gasteiger partial charge in [-0.2, -0.15) is 0 Å². The van der Waals surface area contributed by atoms with Crippen LogP contribution in [0.25, 0.3) is 0 Å². The maximum Gasteiger partial charge on any atom is 0.253 e. The standard InChI is InChI=1S/C17H22FN3O3/c1-12-10-13(2-3-14(12)18)15(22)20-5-7-21(8-6-20)17(16(19)23)4-9-24-11-17/h2-3,10H,4-9,11H2,1H3,(H2,19,23). The first-order valence-corrected chi connectivity index (χ1v) is 8.12. The topological polar surface area (TPSA) is 75.9 Å². The molecule has 2 aliphatic heterocycles. The highest BCUT2D eigenvalue weighted by atomic mass is 19.1. The molecule has 0 saturated carbocycles. The summed E-state index contributed by atoms with van der Waals surface area (Å²) in [5.74, 6) is -0.802. The Morgan fingerprint density at radius 2 is 1.96 bits per heavy atom. The van der Waals surface area contributed by atoms with Crippen molar-refractivity contribution >= 4 is 11.8 Å². The van der Waals surface area contributed by atoms with Crippen molar-refractivity contribution in [1.29, 1.82) is 0 Å². The van der Waals surface area contributed by atoms with Crippen LogP contribution in [0, 0.1) is 12.7 Å². The monoisotopic (exact) mass is 335 g/mol. The van der Waals surface area contributed by atoms with E-state index in [0.29, 0.717) is 56.9 Å². The lowest BCUT2D eigenvalue weighted by Crippen LogP contribution is -2.63. The molecule has 0 aromatic heterocycles. The number of primary amides is 1. The summed E-state index contributed by atoms with van der Waals surface area (Å²) in [6.07, 6.45) is 0.591. The zero-order valence-corrected chi connectivity index (χ0v) is 13.8. The number of ether oxygens (including phenoxy) is 1. The highest BCUT2D eigenvalue weighted by molar-refractivity contribution is 5.94. The number of amides is 2. The number of rotatable bonds is 3. The van der Waals surface area contributed by atoms with Crippen LogP contribution in [0.3, 0.4) is 0 Å². The lowest BCUT2D eigenvalue weighted by Gasteiger charge is -2.43. The van der Waals surface area contributed by atoms with Gasteiger partial charge in [0.05, 0.1) is 6.61 Å². The lowest BCUT2D eigenvalue weighted by molar-refractivity contribution is -0.131. The first-order chi connectivity index (χ1) is 11.4. The van der Waals surface area contributed by atoms with Crippen molar-refractivity contribution in [2.24, 2.45) is 5.73 Å². The van der Waals surface area contributed by atoms with E-state index in [2.05, 4.69) is 0 Å². The zero-order chi connectivity index (χ0) is 17.3. The second-order valence-electron chi connectivity index (χ2n) is 6.44. The second kappa shape index (κ2) is 6.49. The predicted molar refractivity (Wildman–Crippen MR) is 86.0 cm³/mol. The molecular weight excluding hydrogens is 313 g/mol. The van der Waals surface area contributed by atoms with E-state index < -0.39 is 5.54 Å². The maximum atomic E-state index is 13.4. The fraction of sp³-hybridized carbons (Fsp3) is 0.529. The number of nitrogens with zero attached hydrogens (tertiary/aromatic N) is 2. The van der Waals surface area contributed by atoms with E-state index in [1.807, 2.05) is 4.90 Å². The van der Waals surface area contributed by atoms with Crippen LogP contribution in [-0.4, -0.2) is 66.5 Å². The van der Waals surface area contributed by atoms with Crippen molar-refractivity contribution in [3.63, 3.8) is 0 Å². The summed E-state index contributed by atoms with van der Waals surface area (Å²) in [7, 11) is 0. The minimum atomic E-state index is -0.748. The molecule has 2 heterocycles. The molecule has 1 unspecified atom stereocenters. The highest BCUT2D eigenvalue weighted by Gasteiger charge is 2.47. The number of carbonyl (C=O) groups excluding carboxylic acids is 2. The number of hydrogen-bond acceptors (Lipinski definition) is 4. The normalized spacial score (nSPS) is 25.0. The van der Waals surface area contributed by atoms with E-state index >= 15 is 0 Å². The molecule has 0 spiro atoms. The van der Waals surface area contributed by atoms with Crippen molar-refractivity contribution in [3.8, 4) is 0 Å². The van der Waals surface area contributed by atoms with Crippen LogP contribution in [0.5, 0.6) is 0 Å². The Hall–Kier alpha value is -1.99. The van der Waals surface area contributed by atoms with Crippen LogP contribution < -0.4 is 5.73 Å². The van der Waals surface area contributed by atoms with Crippen molar-refractivity contribution < 1.29 is 18.7 Å². The SMILES string of the molecule is Cc1cc(C(=O)N2CCN(C3(C(N)=O)CCOC3)CC2)ccc1F. The van der Waals surface area contributed by atoms with Crippen LogP contribution in [0.2, 0.25) is 0 Å². The van der Waals surface area contributed by atoms with Gasteiger partial charge in [-0.25, -0.2) is 4.39 Å². The number of aryl methyl sites for hydroxylation is 1. The molecular formula is C17H22FN3O3. The Labute approximate surface area is 140 Å². The van der Waals surface area contributed by atoms with E-state index in [-0.39, 0.29) is 17.6 Å². The van der Waals surface area contributed by atoms with Gasteiger partial charge in [0.2, 0.25) is 5.91 Å². The van der Waals surface area contributed by atoms with Gasteiger partial charge in [-0.1, -0.05) is 0 Å². The van der Waals surface area contributed by atoms with Crippen LogP contribution in [-0.2, 0) is 9.53 Å². The molecule has 24 heavy (non-hydrogen) atoms. The van der Waals surface area contributed by atoms with Gasteiger partial charge in [0, 0.05) is 44.8 Å². The molecule has 130 valence electrons. The molecule has 2 N–H and O–H groups in total. The third-order valence-electron chi connectivity index (χ3n) is 5.04. The molecule has 1 aromatic carbocycles. The molecule has 6 nitrogen and oxygen atoms in total. The minimum absolute atomic E-state index is 0.117. The lowest BCUT2D eigenvalue weighted by atomic mass is 9.94. The highest BCUT2D eigenvalue weighted by Crippen LogP contribution is 2.27. The quantitative estimate of drug-likeness (QED) is 0.875. The Balaban J connectivity index is 1.67. The van der Waals surface area contributed by atoms with Gasteiger partial charge in [-0.05, 0) is 30.7 Å². The Kier molecular flexibility index (Phi) is 4.56. The van der Waals surface area contributed by atoms with Crippen LogP contribution in [0.15, 0.2) is 18.2 Å². The third-order valence-corrected chi connectivity index (χ3v) is 5.04. The van der Waals surface area contributed by atoms with Gasteiger partial charge in [0.15, 0.2) is 0 Å². The van der Waals surface area contributed by atoms with Crippen LogP contribution in [0.4, 0.5) is 4.39 Å². The molecule has 1 aromatic rings. The van der Waals surface area contributed by atoms with Crippen molar-refractivity contribution in [1.82, 2.24) is 9.80 Å². The second-order valence-corrected chi connectivity index (χ2v) is 6.44. The largest absolute Gasteiger partial charge is 0.379 e. The summed E-state index contributed by atoms with van der Waals surface area (Å²) in [6, 6.07) is 4.39. The third kappa shape index (κ3) is 2.89. The number of halogens is 1. The summed E-state index contributed by atoms with van der Waals surface area (Å²) in [5, 5.41) is 0. The molecule has 2 amide bonds. The molecule has 0 radical (unpaired) electrons. The van der Waals surface area contributed by atoms with Gasteiger partial charge in [-0.15, -0.1) is 0 Å². The van der Waals surface area contributed by atoms with Crippen LogP contribution >= 0.6 is 0 Å². The van der Waals surface area contributed by atoms with Gasteiger partial charge >= 0.3 is 0 Å². The minimum Gasteiger partial charge on any atom is -0.379 e. The molecule has 1 atom stereocenters. The first kappa shape index (κ1) is 16.9. The van der Waals surface area contributed by atoms with Gasteiger partial charge < -0.3 is 15.4 Å². The maximum absolute atomic E-state index is 13.4. The fourth-order valence-corrected chi connectivity index (χ4v) is 3.45. The van der Waals surface area contributed by atoms with E-state index in [1.165, 1.54) is 12.1 Å². The smallest absolute Gasteiger partial charge is 0.253 e. The number of benzene rings is 1. The summed E-state index contributed by atoms with van der Waals surface area (Å²) in [6.45, 7) is 4.62. The predicted octanol–water partition coefficient (Wildman–Crippen LogP) is 0.536.